The number of alkyl halides is 2. The molecule has 0 aromatic carbocycles. The van der Waals surface area contributed by atoms with Crippen LogP contribution in [0.25, 0.3) is 0 Å². The highest BCUT2D eigenvalue weighted by atomic mass is 35.5. The standard InChI is InChI=1S/C7H6ClF2N3O2/c8-3-2-12-4(1-11)5(7(9)10)6(3)13(14)15/h2,7H,1,11H2. The van der Waals surface area contributed by atoms with Gasteiger partial charge in [0.1, 0.15) is 10.6 Å². The summed E-state index contributed by atoms with van der Waals surface area (Å²) in [4.78, 5) is 13.1. The fourth-order valence-electron chi connectivity index (χ4n) is 1.11. The van der Waals surface area contributed by atoms with E-state index in [1.807, 2.05) is 0 Å². The van der Waals surface area contributed by atoms with Gasteiger partial charge in [0.2, 0.25) is 0 Å². The number of aromatic nitrogens is 1. The first-order chi connectivity index (χ1) is 6.99. The van der Waals surface area contributed by atoms with Gasteiger partial charge >= 0.3 is 0 Å². The van der Waals surface area contributed by atoms with E-state index in [-0.39, 0.29) is 12.2 Å². The van der Waals surface area contributed by atoms with Crippen LogP contribution in [-0.2, 0) is 6.54 Å². The van der Waals surface area contributed by atoms with Gasteiger partial charge in [-0.15, -0.1) is 0 Å². The van der Waals surface area contributed by atoms with Gasteiger partial charge in [0.05, 0.1) is 16.8 Å². The lowest BCUT2D eigenvalue weighted by Gasteiger charge is -2.07. The molecule has 0 saturated heterocycles. The summed E-state index contributed by atoms with van der Waals surface area (Å²) in [6.07, 6.45) is -2.09. The number of hydrogen-bond acceptors (Lipinski definition) is 4. The predicted octanol–water partition coefficient (Wildman–Crippen LogP) is 2.04. The molecular formula is C7H6ClF2N3O2. The number of pyridine rings is 1. The third-order valence-electron chi connectivity index (χ3n) is 1.72. The number of rotatable bonds is 3. The summed E-state index contributed by atoms with van der Waals surface area (Å²) in [6, 6.07) is 0. The molecule has 0 saturated carbocycles. The summed E-state index contributed by atoms with van der Waals surface area (Å²) in [5.41, 5.74) is 3.28. The molecular weight excluding hydrogens is 232 g/mol. The average molecular weight is 238 g/mol. The fourth-order valence-corrected chi connectivity index (χ4v) is 1.33. The van der Waals surface area contributed by atoms with Gasteiger partial charge in [-0.3, -0.25) is 15.1 Å². The molecule has 0 bridgehead atoms. The molecule has 0 aliphatic rings. The summed E-state index contributed by atoms with van der Waals surface area (Å²) in [7, 11) is 0. The SMILES string of the molecule is NCc1ncc(Cl)c([N+](=O)[O-])c1C(F)F. The van der Waals surface area contributed by atoms with Crippen molar-refractivity contribution >= 4 is 17.3 Å². The van der Waals surface area contributed by atoms with Crippen LogP contribution in [0.5, 0.6) is 0 Å². The Labute approximate surface area is 88.0 Å². The highest BCUT2D eigenvalue weighted by Gasteiger charge is 2.29. The van der Waals surface area contributed by atoms with E-state index in [2.05, 4.69) is 4.98 Å². The molecule has 2 N–H and O–H groups in total. The first-order valence-electron chi connectivity index (χ1n) is 3.79. The van der Waals surface area contributed by atoms with Crippen LogP contribution in [0.1, 0.15) is 17.7 Å². The number of halogens is 3. The van der Waals surface area contributed by atoms with E-state index in [1.165, 1.54) is 0 Å². The Morgan fingerprint density at radius 1 is 1.67 bits per heavy atom. The van der Waals surface area contributed by atoms with E-state index in [4.69, 9.17) is 17.3 Å². The normalized spacial score (nSPS) is 10.7. The Morgan fingerprint density at radius 3 is 2.67 bits per heavy atom. The second-order valence-corrected chi connectivity index (χ2v) is 2.98. The summed E-state index contributed by atoms with van der Waals surface area (Å²) in [5.74, 6) is 0. The molecule has 8 heteroatoms. The largest absolute Gasteiger partial charge is 0.325 e. The molecule has 1 aromatic rings. The van der Waals surface area contributed by atoms with Crippen molar-refractivity contribution < 1.29 is 13.7 Å². The van der Waals surface area contributed by atoms with E-state index >= 15 is 0 Å². The molecule has 0 aliphatic carbocycles. The van der Waals surface area contributed by atoms with E-state index in [0.717, 1.165) is 6.20 Å². The molecule has 0 atom stereocenters. The minimum atomic E-state index is -3.03. The van der Waals surface area contributed by atoms with Gasteiger partial charge in [-0.25, -0.2) is 8.78 Å². The number of nitro groups is 1. The minimum Gasteiger partial charge on any atom is -0.325 e. The molecule has 1 heterocycles. The molecule has 15 heavy (non-hydrogen) atoms. The molecule has 1 aromatic heterocycles. The summed E-state index contributed by atoms with van der Waals surface area (Å²) >= 11 is 5.42. The van der Waals surface area contributed by atoms with E-state index in [1.54, 1.807) is 0 Å². The van der Waals surface area contributed by atoms with Crippen molar-refractivity contribution in [3.63, 3.8) is 0 Å². The monoisotopic (exact) mass is 237 g/mol. The van der Waals surface area contributed by atoms with Crippen LogP contribution in [0, 0.1) is 10.1 Å². The quantitative estimate of drug-likeness (QED) is 0.644. The zero-order chi connectivity index (χ0) is 11.6. The van der Waals surface area contributed by atoms with Gasteiger partial charge in [-0.05, 0) is 0 Å². The highest BCUT2D eigenvalue weighted by Crippen LogP contribution is 2.35. The lowest BCUT2D eigenvalue weighted by atomic mass is 10.1. The van der Waals surface area contributed by atoms with Crippen molar-refractivity contribution in [2.75, 3.05) is 0 Å². The predicted molar refractivity (Wildman–Crippen MR) is 48.7 cm³/mol. The maximum Gasteiger partial charge on any atom is 0.300 e. The van der Waals surface area contributed by atoms with E-state index in [0.29, 0.717) is 0 Å². The van der Waals surface area contributed by atoms with Crippen LogP contribution in [0.2, 0.25) is 5.02 Å². The molecule has 82 valence electrons. The van der Waals surface area contributed by atoms with Crippen molar-refractivity contribution in [2.24, 2.45) is 5.73 Å². The molecule has 0 unspecified atom stereocenters. The van der Waals surface area contributed by atoms with Crippen LogP contribution < -0.4 is 5.73 Å². The Balaban J connectivity index is 3.51. The van der Waals surface area contributed by atoms with Crippen molar-refractivity contribution in [2.45, 2.75) is 13.0 Å². The number of hydrogen-bond donors (Lipinski definition) is 1. The molecule has 0 amide bonds. The van der Waals surface area contributed by atoms with Crippen LogP contribution in [0.15, 0.2) is 6.20 Å². The van der Waals surface area contributed by atoms with Crippen LogP contribution in [0.4, 0.5) is 14.5 Å². The Hall–Kier alpha value is -1.34. The lowest BCUT2D eigenvalue weighted by Crippen LogP contribution is -2.08. The van der Waals surface area contributed by atoms with E-state index in [9.17, 15) is 18.9 Å². The zero-order valence-electron chi connectivity index (χ0n) is 7.28. The Morgan fingerprint density at radius 2 is 2.27 bits per heavy atom. The third-order valence-corrected chi connectivity index (χ3v) is 2.00. The number of nitrogens with two attached hydrogens (primary N) is 1. The summed E-state index contributed by atoms with van der Waals surface area (Å²) in [5, 5.41) is 10.1. The van der Waals surface area contributed by atoms with Gasteiger partial charge in [0.25, 0.3) is 12.1 Å². The van der Waals surface area contributed by atoms with Gasteiger partial charge in [-0.2, -0.15) is 0 Å². The highest BCUT2D eigenvalue weighted by molar-refractivity contribution is 6.32. The first-order valence-corrected chi connectivity index (χ1v) is 4.16. The van der Waals surface area contributed by atoms with E-state index < -0.39 is 27.6 Å². The second kappa shape index (κ2) is 4.45. The van der Waals surface area contributed by atoms with Gasteiger partial charge in [-0.1, -0.05) is 11.6 Å². The Bertz CT molecular complexity index is 400. The van der Waals surface area contributed by atoms with Crippen LogP contribution in [-0.4, -0.2) is 9.91 Å². The maximum absolute atomic E-state index is 12.6. The van der Waals surface area contributed by atoms with Crippen molar-refractivity contribution in [3.05, 3.63) is 32.6 Å². The van der Waals surface area contributed by atoms with Crippen molar-refractivity contribution in [3.8, 4) is 0 Å². The lowest BCUT2D eigenvalue weighted by molar-refractivity contribution is -0.386. The smallest absolute Gasteiger partial charge is 0.300 e. The zero-order valence-corrected chi connectivity index (χ0v) is 8.04. The molecule has 0 fully saturated rings. The van der Waals surface area contributed by atoms with Gasteiger partial charge < -0.3 is 5.73 Å². The molecule has 0 aliphatic heterocycles. The fraction of sp³-hybridized carbons (Fsp3) is 0.286. The Kier molecular flexibility index (Phi) is 3.48. The first kappa shape index (κ1) is 11.7. The average Bonchev–Trinajstić information content (AvgIpc) is 2.16. The maximum atomic E-state index is 12.6. The summed E-state index contributed by atoms with van der Waals surface area (Å²) in [6.45, 7) is -0.308. The second-order valence-electron chi connectivity index (χ2n) is 2.58. The van der Waals surface area contributed by atoms with Gasteiger partial charge in [0.15, 0.2) is 0 Å². The molecule has 5 nitrogen and oxygen atoms in total. The number of nitrogens with zero attached hydrogens (tertiary/aromatic N) is 2. The molecule has 0 radical (unpaired) electrons. The van der Waals surface area contributed by atoms with Gasteiger partial charge in [0, 0.05) is 6.54 Å². The van der Waals surface area contributed by atoms with Crippen LogP contribution >= 0.6 is 11.6 Å². The topological polar surface area (TPSA) is 82.0 Å². The minimum absolute atomic E-state index is 0.221. The third kappa shape index (κ3) is 2.18. The van der Waals surface area contributed by atoms with Crippen molar-refractivity contribution in [1.29, 1.82) is 0 Å². The molecule has 0 spiro atoms. The summed E-state index contributed by atoms with van der Waals surface area (Å²) < 4.78 is 25.1. The molecule has 1 rings (SSSR count). The van der Waals surface area contributed by atoms with Crippen molar-refractivity contribution in [1.82, 2.24) is 4.98 Å². The van der Waals surface area contributed by atoms with Crippen LogP contribution in [0.3, 0.4) is 0 Å².